The summed E-state index contributed by atoms with van der Waals surface area (Å²) in [7, 11) is 0. The monoisotopic (exact) mass is 402 g/mol. The molecule has 0 aliphatic heterocycles. The van der Waals surface area contributed by atoms with E-state index in [0.29, 0.717) is 10.8 Å². The maximum absolute atomic E-state index is 13.1. The molecular weight excluding hydrogens is 364 g/mol. The van der Waals surface area contributed by atoms with Crippen LogP contribution in [-0.2, 0) is 10.8 Å². The third-order valence-electron chi connectivity index (χ3n) is 8.49. The number of carbonyl (C=O) groups excluding carboxylic acids is 1. The van der Waals surface area contributed by atoms with Gasteiger partial charge >= 0.3 is 0 Å². The number of ketones is 1. The molecule has 2 aliphatic rings. The van der Waals surface area contributed by atoms with E-state index in [4.69, 9.17) is 0 Å². The Balaban J connectivity index is 1.52. The van der Waals surface area contributed by atoms with Gasteiger partial charge in [0.05, 0.1) is 0 Å². The average Bonchev–Trinajstić information content (AvgIpc) is 2.84. The number of hydrogen-bond donors (Lipinski definition) is 0. The molecule has 0 amide bonds. The van der Waals surface area contributed by atoms with Crippen molar-refractivity contribution in [3.8, 4) is 0 Å². The first-order valence-electron chi connectivity index (χ1n) is 12.4. The lowest BCUT2D eigenvalue weighted by molar-refractivity contribution is 0.103. The zero-order valence-electron chi connectivity index (χ0n) is 19.0. The van der Waals surface area contributed by atoms with Crippen LogP contribution in [0.1, 0.15) is 118 Å². The van der Waals surface area contributed by atoms with Crippen LogP contribution >= 0.6 is 0 Å². The highest BCUT2D eigenvalue weighted by molar-refractivity contribution is 6.09. The molecule has 0 radical (unpaired) electrons. The molecule has 0 spiro atoms. The number of hydrogen-bond acceptors (Lipinski definition) is 1. The van der Waals surface area contributed by atoms with Crippen LogP contribution in [0.25, 0.3) is 0 Å². The minimum Gasteiger partial charge on any atom is -0.289 e. The summed E-state index contributed by atoms with van der Waals surface area (Å²) in [6.45, 7) is 4.64. The first-order valence-corrected chi connectivity index (χ1v) is 12.4. The lowest BCUT2D eigenvalue weighted by Gasteiger charge is -2.37. The van der Waals surface area contributed by atoms with Gasteiger partial charge < -0.3 is 0 Å². The normalized spacial score (nSPS) is 20.6. The highest BCUT2D eigenvalue weighted by Gasteiger charge is 2.33. The molecule has 2 saturated carbocycles. The average molecular weight is 403 g/mol. The van der Waals surface area contributed by atoms with Crippen LogP contribution < -0.4 is 0 Å². The molecule has 0 heterocycles. The fourth-order valence-electron chi connectivity index (χ4n) is 6.27. The Labute approximate surface area is 183 Å². The zero-order valence-corrected chi connectivity index (χ0v) is 19.0. The first kappa shape index (κ1) is 21.3. The zero-order chi connectivity index (χ0) is 21.0. The maximum atomic E-state index is 13.1. The summed E-state index contributed by atoms with van der Waals surface area (Å²) in [6.07, 6.45) is 15.6. The van der Waals surface area contributed by atoms with Crippen molar-refractivity contribution < 1.29 is 4.79 Å². The molecule has 2 aromatic carbocycles. The van der Waals surface area contributed by atoms with Crippen molar-refractivity contribution in [2.24, 2.45) is 0 Å². The van der Waals surface area contributed by atoms with Crippen LogP contribution in [0.15, 0.2) is 48.5 Å². The van der Waals surface area contributed by atoms with Gasteiger partial charge in [-0.25, -0.2) is 0 Å². The second-order valence-corrected chi connectivity index (χ2v) is 9.87. The second kappa shape index (κ2) is 9.08. The minimum atomic E-state index is 0.150. The summed E-state index contributed by atoms with van der Waals surface area (Å²) in [6, 6.07) is 17.2. The summed E-state index contributed by atoms with van der Waals surface area (Å²) in [5.74, 6) is 0.150. The van der Waals surface area contributed by atoms with Crippen molar-refractivity contribution in [1.82, 2.24) is 0 Å². The van der Waals surface area contributed by atoms with Crippen LogP contribution in [0.5, 0.6) is 0 Å². The van der Waals surface area contributed by atoms with Crippen LogP contribution in [0.2, 0.25) is 0 Å². The number of rotatable bonds is 6. The van der Waals surface area contributed by atoms with Crippen LogP contribution in [-0.4, -0.2) is 5.78 Å². The van der Waals surface area contributed by atoms with Gasteiger partial charge in [0.1, 0.15) is 0 Å². The standard InChI is InChI=1S/C29H38O/c1-3-28(19-7-5-8-20-28)25-15-11-23(12-16-25)27(30)24-13-17-26(18-14-24)29(4-2)21-9-6-10-22-29/h11-18H,3-10,19-22H2,1-2H3. The van der Waals surface area contributed by atoms with E-state index in [-0.39, 0.29) is 5.78 Å². The number of carbonyl (C=O) groups is 1. The smallest absolute Gasteiger partial charge is 0.193 e. The van der Waals surface area contributed by atoms with E-state index in [1.807, 2.05) is 0 Å². The van der Waals surface area contributed by atoms with Crippen molar-refractivity contribution in [3.05, 3.63) is 70.8 Å². The molecule has 0 saturated heterocycles. The largest absolute Gasteiger partial charge is 0.289 e. The van der Waals surface area contributed by atoms with Gasteiger partial charge in [-0.1, -0.05) is 101 Å². The molecular formula is C29H38O. The van der Waals surface area contributed by atoms with E-state index in [9.17, 15) is 4.79 Å². The number of benzene rings is 2. The lowest BCUT2D eigenvalue weighted by atomic mass is 9.67. The van der Waals surface area contributed by atoms with Gasteiger partial charge in [0.2, 0.25) is 0 Å². The molecule has 0 aromatic heterocycles. The lowest BCUT2D eigenvalue weighted by Crippen LogP contribution is -2.28. The quantitative estimate of drug-likeness (QED) is 0.446. The van der Waals surface area contributed by atoms with Crippen LogP contribution in [0, 0.1) is 0 Å². The molecule has 0 atom stereocenters. The molecule has 0 unspecified atom stereocenters. The van der Waals surface area contributed by atoms with Gasteiger partial charge in [0.25, 0.3) is 0 Å². The maximum Gasteiger partial charge on any atom is 0.193 e. The Bertz CT molecular complexity index is 759. The SMILES string of the molecule is CCC1(c2ccc(C(=O)c3ccc(C4(CC)CCCCC4)cc3)cc2)CCCCC1. The molecule has 1 nitrogen and oxygen atoms in total. The van der Waals surface area contributed by atoms with Gasteiger partial charge in [-0.3, -0.25) is 4.79 Å². The van der Waals surface area contributed by atoms with Crippen molar-refractivity contribution in [2.45, 2.75) is 102 Å². The van der Waals surface area contributed by atoms with Crippen LogP contribution in [0.4, 0.5) is 0 Å². The summed E-state index contributed by atoms with van der Waals surface area (Å²) in [4.78, 5) is 13.1. The van der Waals surface area contributed by atoms with Crippen molar-refractivity contribution in [1.29, 1.82) is 0 Å². The topological polar surface area (TPSA) is 17.1 Å². The van der Waals surface area contributed by atoms with Gasteiger partial charge in [-0.15, -0.1) is 0 Å². The van der Waals surface area contributed by atoms with Gasteiger partial charge in [0, 0.05) is 11.1 Å². The Morgan fingerprint density at radius 2 is 0.933 bits per heavy atom. The fraction of sp³-hybridized carbons (Fsp3) is 0.552. The molecule has 2 fully saturated rings. The summed E-state index contributed by atoms with van der Waals surface area (Å²) >= 11 is 0. The Hall–Kier alpha value is -1.89. The van der Waals surface area contributed by atoms with Crippen molar-refractivity contribution >= 4 is 5.78 Å². The Morgan fingerprint density at radius 1 is 0.600 bits per heavy atom. The van der Waals surface area contributed by atoms with E-state index in [2.05, 4.69) is 62.4 Å². The highest BCUT2D eigenvalue weighted by Crippen LogP contribution is 2.43. The third kappa shape index (κ3) is 4.01. The van der Waals surface area contributed by atoms with E-state index in [0.717, 1.165) is 11.1 Å². The third-order valence-corrected chi connectivity index (χ3v) is 8.49. The summed E-state index contributed by atoms with van der Waals surface area (Å²) in [5, 5.41) is 0. The van der Waals surface area contributed by atoms with Gasteiger partial charge in [-0.05, 0) is 60.5 Å². The fourth-order valence-corrected chi connectivity index (χ4v) is 6.27. The molecule has 2 aliphatic carbocycles. The van der Waals surface area contributed by atoms with E-state index in [1.165, 1.54) is 88.2 Å². The van der Waals surface area contributed by atoms with Crippen molar-refractivity contribution in [2.75, 3.05) is 0 Å². The van der Waals surface area contributed by atoms with E-state index >= 15 is 0 Å². The molecule has 1 heteroatoms. The Morgan fingerprint density at radius 3 is 1.23 bits per heavy atom. The molecule has 0 bridgehead atoms. The highest BCUT2D eigenvalue weighted by atomic mass is 16.1. The molecule has 0 N–H and O–H groups in total. The predicted octanol–water partition coefficient (Wildman–Crippen LogP) is 8.14. The van der Waals surface area contributed by atoms with Gasteiger partial charge in [0.15, 0.2) is 5.78 Å². The van der Waals surface area contributed by atoms with Crippen molar-refractivity contribution in [3.63, 3.8) is 0 Å². The first-order chi connectivity index (χ1) is 14.6. The summed E-state index contributed by atoms with van der Waals surface area (Å²) < 4.78 is 0. The van der Waals surface area contributed by atoms with E-state index < -0.39 is 0 Å². The predicted molar refractivity (Wildman–Crippen MR) is 126 cm³/mol. The molecule has 2 aromatic rings. The summed E-state index contributed by atoms with van der Waals surface area (Å²) in [5.41, 5.74) is 5.15. The minimum absolute atomic E-state index is 0.150. The second-order valence-electron chi connectivity index (χ2n) is 9.87. The molecule has 4 rings (SSSR count). The molecule has 160 valence electrons. The van der Waals surface area contributed by atoms with Crippen LogP contribution in [0.3, 0.4) is 0 Å². The Kier molecular flexibility index (Phi) is 6.46. The molecule has 30 heavy (non-hydrogen) atoms. The van der Waals surface area contributed by atoms with E-state index in [1.54, 1.807) is 0 Å². The van der Waals surface area contributed by atoms with Gasteiger partial charge in [-0.2, -0.15) is 0 Å².